The lowest BCUT2D eigenvalue weighted by atomic mass is 9.41. The summed E-state index contributed by atoms with van der Waals surface area (Å²) in [4.78, 5) is 12.0. The van der Waals surface area contributed by atoms with E-state index in [1.54, 1.807) is 21.1 Å². The van der Waals surface area contributed by atoms with Crippen LogP contribution in [0.25, 0.3) is 0 Å². The van der Waals surface area contributed by atoms with Crippen molar-refractivity contribution in [3.63, 3.8) is 0 Å². The summed E-state index contributed by atoms with van der Waals surface area (Å²) in [5, 5.41) is 0. The second kappa shape index (κ2) is 10.4. The maximum absolute atomic E-state index is 15.1. The second-order valence-corrected chi connectivity index (χ2v) is 12.7. The Balaban J connectivity index is 1.73. The Morgan fingerprint density at radius 3 is 2.22 bits per heavy atom. The van der Waals surface area contributed by atoms with E-state index in [-0.39, 0.29) is 34.7 Å². The van der Waals surface area contributed by atoms with Gasteiger partial charge >= 0.3 is 11.9 Å². The first kappa shape index (κ1) is 28.2. The van der Waals surface area contributed by atoms with Crippen LogP contribution in [-0.2, 0) is 23.7 Å². The average Bonchev–Trinajstić information content (AvgIpc) is 3.22. The molecule has 5 nitrogen and oxygen atoms in total. The quantitative estimate of drug-likeness (QED) is 0.267. The minimum absolute atomic E-state index is 0.0270. The fraction of sp³-hybridized carbons (Fsp3) is 0.966. The lowest BCUT2D eigenvalue weighted by Gasteiger charge is -2.65. The van der Waals surface area contributed by atoms with Crippen LogP contribution >= 0.6 is 0 Å². The topological polar surface area (TPSA) is 54.0 Å². The Morgan fingerprint density at radius 1 is 0.944 bits per heavy atom. The van der Waals surface area contributed by atoms with Gasteiger partial charge in [-0.1, -0.05) is 47.0 Å². The fourth-order valence-electron chi connectivity index (χ4n) is 9.97. The van der Waals surface area contributed by atoms with Crippen molar-refractivity contribution in [3.05, 3.63) is 0 Å². The van der Waals surface area contributed by atoms with Crippen LogP contribution in [-0.4, -0.2) is 45.8 Å². The molecule has 7 heteroatoms. The van der Waals surface area contributed by atoms with Crippen LogP contribution in [0.1, 0.15) is 85.5 Å². The van der Waals surface area contributed by atoms with Crippen LogP contribution < -0.4 is 0 Å². The van der Waals surface area contributed by atoms with Gasteiger partial charge in [-0.3, -0.25) is 0 Å². The predicted octanol–water partition coefficient (Wildman–Crippen LogP) is 6.69. The van der Waals surface area contributed by atoms with E-state index in [0.29, 0.717) is 24.2 Å². The Kier molecular flexibility index (Phi) is 8.16. The smallest absolute Gasteiger partial charge is 0.377 e. The van der Waals surface area contributed by atoms with Gasteiger partial charge in [0.1, 0.15) is 0 Å². The number of hydrogen-bond acceptors (Lipinski definition) is 5. The van der Waals surface area contributed by atoms with Crippen LogP contribution in [0.4, 0.5) is 8.78 Å². The number of carbonyl (C=O) groups is 1. The molecule has 0 amide bonds. The first-order chi connectivity index (χ1) is 17.0. The van der Waals surface area contributed by atoms with Crippen molar-refractivity contribution in [2.24, 2.45) is 52.3 Å². The van der Waals surface area contributed by atoms with Crippen LogP contribution in [0.15, 0.2) is 0 Å². The molecule has 0 saturated heterocycles. The highest BCUT2D eigenvalue weighted by atomic mass is 19.3. The number of esters is 1. The zero-order valence-corrected chi connectivity index (χ0v) is 23.4. The van der Waals surface area contributed by atoms with Gasteiger partial charge in [-0.15, -0.1) is 0 Å². The highest BCUT2D eigenvalue weighted by Crippen LogP contribution is 2.70. The van der Waals surface area contributed by atoms with Crippen molar-refractivity contribution in [2.75, 3.05) is 21.3 Å². The van der Waals surface area contributed by atoms with E-state index in [9.17, 15) is 4.79 Å². The van der Waals surface area contributed by atoms with Crippen molar-refractivity contribution < 1.29 is 32.5 Å². The van der Waals surface area contributed by atoms with Crippen molar-refractivity contribution in [1.29, 1.82) is 0 Å². The summed E-state index contributed by atoms with van der Waals surface area (Å²) < 4.78 is 52.5. The van der Waals surface area contributed by atoms with E-state index >= 15 is 8.78 Å². The number of carbonyl (C=O) groups excluding carboxylic acids is 1. The molecule has 4 aliphatic carbocycles. The maximum atomic E-state index is 15.1. The Hall–Kier alpha value is -0.790. The Labute approximate surface area is 216 Å². The lowest BCUT2D eigenvalue weighted by molar-refractivity contribution is -0.326. The summed E-state index contributed by atoms with van der Waals surface area (Å²) >= 11 is 0. The molecule has 36 heavy (non-hydrogen) atoms. The van der Waals surface area contributed by atoms with E-state index in [0.717, 1.165) is 32.8 Å². The van der Waals surface area contributed by atoms with Gasteiger partial charge < -0.3 is 18.9 Å². The molecular weight excluding hydrogens is 466 g/mol. The van der Waals surface area contributed by atoms with Crippen molar-refractivity contribution in [2.45, 2.75) is 104 Å². The summed E-state index contributed by atoms with van der Waals surface area (Å²) in [6.07, 6.45) is 9.56. The average molecular weight is 515 g/mol. The number of alkyl halides is 2. The minimum atomic E-state index is -3.49. The number of rotatable bonds is 8. The first-order valence-electron chi connectivity index (χ1n) is 14.2. The van der Waals surface area contributed by atoms with E-state index in [2.05, 4.69) is 25.5 Å². The largest absolute Gasteiger partial charge is 0.465 e. The highest BCUT2D eigenvalue weighted by molar-refractivity contribution is 5.77. The van der Waals surface area contributed by atoms with Gasteiger partial charge in [0.2, 0.25) is 0 Å². The molecule has 0 heterocycles. The predicted molar refractivity (Wildman–Crippen MR) is 133 cm³/mol. The Bertz CT molecular complexity index is 788. The Morgan fingerprint density at radius 2 is 1.61 bits per heavy atom. The van der Waals surface area contributed by atoms with Crippen LogP contribution in [0.5, 0.6) is 0 Å². The molecule has 4 fully saturated rings. The number of methoxy groups -OCH3 is 3. The minimum Gasteiger partial charge on any atom is -0.465 e. The molecule has 0 radical (unpaired) electrons. The third-order valence-electron chi connectivity index (χ3n) is 11.7. The molecule has 0 aromatic carbocycles. The lowest BCUT2D eigenvalue weighted by Crippen LogP contribution is -2.62. The van der Waals surface area contributed by atoms with Gasteiger partial charge in [0.25, 0.3) is 6.48 Å². The fourth-order valence-corrected chi connectivity index (χ4v) is 9.97. The highest BCUT2D eigenvalue weighted by Gasteiger charge is 2.67. The summed E-state index contributed by atoms with van der Waals surface area (Å²) in [6.45, 7) is 7.82. The molecule has 0 spiro atoms. The number of fused-ring (bicyclic) bond motifs is 5. The van der Waals surface area contributed by atoms with E-state index < -0.39 is 24.3 Å². The van der Waals surface area contributed by atoms with Crippen LogP contribution in [0, 0.1) is 52.3 Å². The molecule has 0 aliphatic heterocycles. The standard InChI is InChI=1S/C29H48F2O5/c1-8-18-20-11-9-10-15-27(20,3)22-14-16-28(4)19(17(2)29(30,31)25(32)33-5)12-13-21(28)23(22)24(18)36-26(34-6)35-7/h17-24,26H,8-16H2,1-7H3/t17-,18+,19+,20-,21-,22-,23-,24+,27-,28+/m0/s1. The summed E-state index contributed by atoms with van der Waals surface area (Å²) in [6, 6.07) is 0. The number of halogens is 2. The molecule has 0 aromatic rings. The summed E-state index contributed by atoms with van der Waals surface area (Å²) in [5.74, 6) is -4.18. The SMILES string of the molecule is CC[C@H]1[C@@H](OC(OC)OC)[C@@H]2[C@H](CC[C@]3(C)[C@@H]([C@H](C)C(F)(F)C(=O)OC)CC[C@@H]23)[C@@]2(C)CCCC[C@@H]12. The summed E-state index contributed by atoms with van der Waals surface area (Å²) in [7, 11) is 4.26. The second-order valence-electron chi connectivity index (χ2n) is 12.7. The van der Waals surface area contributed by atoms with E-state index in [4.69, 9.17) is 14.2 Å². The van der Waals surface area contributed by atoms with Gasteiger partial charge in [0, 0.05) is 20.1 Å². The zero-order valence-electron chi connectivity index (χ0n) is 23.4. The number of hydrogen-bond donors (Lipinski definition) is 0. The van der Waals surface area contributed by atoms with Crippen molar-refractivity contribution >= 4 is 5.97 Å². The molecular formula is C29H48F2O5. The molecule has 0 aromatic heterocycles. The molecule has 208 valence electrons. The molecule has 10 atom stereocenters. The van der Waals surface area contributed by atoms with Crippen molar-refractivity contribution in [3.8, 4) is 0 Å². The van der Waals surface area contributed by atoms with Gasteiger partial charge in [0.05, 0.1) is 13.2 Å². The third kappa shape index (κ3) is 4.23. The maximum Gasteiger partial charge on any atom is 0.377 e. The zero-order chi connectivity index (χ0) is 26.5. The number of ether oxygens (including phenoxy) is 4. The van der Waals surface area contributed by atoms with E-state index in [1.807, 2.05) is 0 Å². The van der Waals surface area contributed by atoms with Crippen LogP contribution in [0.3, 0.4) is 0 Å². The summed E-state index contributed by atoms with van der Waals surface area (Å²) in [5.41, 5.74) is -0.0223. The monoisotopic (exact) mass is 514 g/mol. The van der Waals surface area contributed by atoms with Gasteiger partial charge in [-0.25, -0.2) is 4.79 Å². The molecule has 0 N–H and O–H groups in total. The van der Waals surface area contributed by atoms with Crippen LogP contribution in [0.2, 0.25) is 0 Å². The van der Waals surface area contributed by atoms with Gasteiger partial charge in [-0.05, 0) is 84.9 Å². The van der Waals surface area contributed by atoms with Gasteiger partial charge in [0.15, 0.2) is 0 Å². The molecule has 0 bridgehead atoms. The van der Waals surface area contributed by atoms with E-state index in [1.165, 1.54) is 25.7 Å². The molecule has 4 rings (SSSR count). The van der Waals surface area contributed by atoms with Gasteiger partial charge in [-0.2, -0.15) is 8.78 Å². The first-order valence-corrected chi connectivity index (χ1v) is 14.2. The molecule has 4 saturated carbocycles. The normalized spacial score (nSPS) is 43.4. The molecule has 0 unspecified atom stereocenters. The molecule has 4 aliphatic rings. The third-order valence-corrected chi connectivity index (χ3v) is 11.7. The van der Waals surface area contributed by atoms with Crippen molar-refractivity contribution in [1.82, 2.24) is 0 Å².